The Morgan fingerprint density at radius 3 is 2.65 bits per heavy atom. The number of benzene rings is 3. The van der Waals surface area contributed by atoms with E-state index in [1.54, 1.807) is 11.0 Å². The van der Waals surface area contributed by atoms with Gasteiger partial charge in [-0.25, -0.2) is 4.99 Å². The number of rotatable bonds is 5. The van der Waals surface area contributed by atoms with Gasteiger partial charge in [0.2, 0.25) is 5.91 Å². The third-order valence-electron chi connectivity index (χ3n) is 5.40. The lowest BCUT2D eigenvalue weighted by atomic mass is 10.1. The number of amides is 2. The molecule has 0 radical (unpaired) electrons. The predicted octanol–water partition coefficient (Wildman–Crippen LogP) is 5.59. The molecule has 1 aromatic heterocycles. The first-order valence-electron chi connectivity index (χ1n) is 10.8. The number of amidine groups is 1. The topological polar surface area (TPSA) is 77.6 Å². The summed E-state index contributed by atoms with van der Waals surface area (Å²) in [5.41, 5.74) is 4.76. The van der Waals surface area contributed by atoms with Crippen molar-refractivity contribution in [2.45, 2.75) is 6.92 Å². The molecule has 0 spiro atoms. The summed E-state index contributed by atoms with van der Waals surface area (Å²) < 4.78 is 0. The third kappa shape index (κ3) is 4.65. The predicted molar refractivity (Wildman–Crippen MR) is 140 cm³/mol. The molecule has 0 bridgehead atoms. The van der Waals surface area contributed by atoms with Gasteiger partial charge in [0.1, 0.15) is 5.70 Å². The molecule has 1 aliphatic rings. The lowest BCUT2D eigenvalue weighted by Crippen LogP contribution is -2.31. The summed E-state index contributed by atoms with van der Waals surface area (Å²) in [5, 5.41) is 4.47. The summed E-state index contributed by atoms with van der Waals surface area (Å²) in [7, 11) is 0. The van der Waals surface area contributed by atoms with Crippen LogP contribution >= 0.6 is 11.8 Å². The van der Waals surface area contributed by atoms with E-state index in [0.29, 0.717) is 22.2 Å². The maximum absolute atomic E-state index is 13.2. The molecule has 0 unspecified atom stereocenters. The van der Waals surface area contributed by atoms with Crippen molar-refractivity contribution in [3.8, 4) is 0 Å². The van der Waals surface area contributed by atoms with Crippen molar-refractivity contribution < 1.29 is 9.59 Å². The number of aromatic nitrogens is 1. The standard InChI is InChI=1S/C27H22N4O2S/c1-18-7-9-19(10-8-18)15-24-26(33)31(22-5-3-2-4-6-22)27(30-24)34-17-25(32)29-21-12-11-20-13-14-28-23(20)16-21/h2-16,28H,17H2,1H3,(H,29,32)/b24-15-. The zero-order valence-corrected chi connectivity index (χ0v) is 19.3. The quantitative estimate of drug-likeness (QED) is 0.376. The first-order valence-corrected chi connectivity index (χ1v) is 11.8. The summed E-state index contributed by atoms with van der Waals surface area (Å²) >= 11 is 1.23. The van der Waals surface area contributed by atoms with Crippen molar-refractivity contribution in [3.05, 3.63) is 102 Å². The van der Waals surface area contributed by atoms with Crippen LogP contribution < -0.4 is 10.2 Å². The molecule has 2 amide bonds. The fraction of sp³-hybridized carbons (Fsp3) is 0.0741. The first kappa shape index (κ1) is 21.7. The number of para-hydroxylation sites is 1. The second-order valence-electron chi connectivity index (χ2n) is 7.93. The van der Waals surface area contributed by atoms with Crippen LogP contribution in [0.15, 0.2) is 95.7 Å². The van der Waals surface area contributed by atoms with Gasteiger partial charge in [-0.2, -0.15) is 0 Å². The Balaban J connectivity index is 1.35. The number of hydrogen-bond donors (Lipinski definition) is 2. The van der Waals surface area contributed by atoms with E-state index in [4.69, 9.17) is 0 Å². The molecule has 0 saturated heterocycles. The van der Waals surface area contributed by atoms with E-state index in [2.05, 4.69) is 15.3 Å². The van der Waals surface area contributed by atoms with Crippen LogP contribution in [0.4, 0.5) is 11.4 Å². The molecule has 0 aliphatic carbocycles. The van der Waals surface area contributed by atoms with Crippen LogP contribution in [0, 0.1) is 6.92 Å². The molecule has 7 heteroatoms. The second-order valence-corrected chi connectivity index (χ2v) is 8.87. The van der Waals surface area contributed by atoms with Gasteiger partial charge >= 0.3 is 0 Å². The number of nitrogens with zero attached hydrogens (tertiary/aromatic N) is 2. The van der Waals surface area contributed by atoms with Crippen LogP contribution in [0.1, 0.15) is 11.1 Å². The van der Waals surface area contributed by atoms with E-state index in [9.17, 15) is 9.59 Å². The number of carbonyl (C=O) groups is 2. The fourth-order valence-electron chi connectivity index (χ4n) is 3.67. The monoisotopic (exact) mass is 466 g/mol. The molecular formula is C27H22N4O2S. The number of anilines is 2. The van der Waals surface area contributed by atoms with Gasteiger partial charge in [0.05, 0.1) is 11.4 Å². The number of fused-ring (bicyclic) bond motifs is 1. The van der Waals surface area contributed by atoms with Crippen molar-refractivity contribution in [2.24, 2.45) is 4.99 Å². The molecular weight excluding hydrogens is 444 g/mol. The minimum absolute atomic E-state index is 0.121. The number of hydrogen-bond acceptors (Lipinski definition) is 4. The van der Waals surface area contributed by atoms with E-state index in [1.807, 2.05) is 92.0 Å². The van der Waals surface area contributed by atoms with Gasteiger partial charge in [0.25, 0.3) is 5.91 Å². The van der Waals surface area contributed by atoms with Gasteiger partial charge in [-0.1, -0.05) is 65.9 Å². The minimum atomic E-state index is -0.216. The molecule has 3 aromatic carbocycles. The largest absolute Gasteiger partial charge is 0.361 e. The van der Waals surface area contributed by atoms with Gasteiger partial charge in [-0.15, -0.1) is 0 Å². The normalized spacial score (nSPS) is 14.6. The Hall–Kier alpha value is -4.10. The molecule has 2 N–H and O–H groups in total. The third-order valence-corrected chi connectivity index (χ3v) is 6.33. The number of carbonyl (C=O) groups excluding carboxylic acids is 2. The van der Waals surface area contributed by atoms with Crippen molar-refractivity contribution in [1.29, 1.82) is 0 Å². The van der Waals surface area contributed by atoms with Crippen LogP contribution in [0.5, 0.6) is 0 Å². The van der Waals surface area contributed by atoms with Crippen LogP contribution in [0.25, 0.3) is 17.0 Å². The summed E-state index contributed by atoms with van der Waals surface area (Å²) in [5.74, 6) is -0.266. The van der Waals surface area contributed by atoms with E-state index in [-0.39, 0.29) is 17.6 Å². The van der Waals surface area contributed by atoms with E-state index < -0.39 is 0 Å². The molecule has 1 aliphatic heterocycles. The fourth-order valence-corrected chi connectivity index (χ4v) is 4.48. The van der Waals surface area contributed by atoms with Gasteiger partial charge in [0.15, 0.2) is 5.17 Å². The Kier molecular flexibility index (Phi) is 6.01. The van der Waals surface area contributed by atoms with Crippen molar-refractivity contribution in [2.75, 3.05) is 16.0 Å². The molecule has 4 aromatic rings. The molecule has 5 rings (SSSR count). The molecule has 34 heavy (non-hydrogen) atoms. The maximum atomic E-state index is 13.2. The summed E-state index contributed by atoms with van der Waals surface area (Å²) in [4.78, 5) is 35.2. The van der Waals surface area contributed by atoms with Gasteiger partial charge in [0, 0.05) is 17.4 Å². The number of aryl methyl sites for hydroxylation is 1. The Morgan fingerprint density at radius 1 is 1.06 bits per heavy atom. The molecule has 2 heterocycles. The van der Waals surface area contributed by atoms with Gasteiger partial charge < -0.3 is 10.3 Å². The molecule has 0 fully saturated rings. The maximum Gasteiger partial charge on any atom is 0.283 e. The van der Waals surface area contributed by atoms with E-state index in [1.165, 1.54) is 11.8 Å². The summed E-state index contributed by atoms with van der Waals surface area (Å²) in [6, 6.07) is 24.9. The Labute approximate surface area is 201 Å². The first-order chi connectivity index (χ1) is 16.6. The average Bonchev–Trinajstić information content (AvgIpc) is 3.43. The zero-order valence-electron chi connectivity index (χ0n) is 18.5. The van der Waals surface area contributed by atoms with Crippen molar-refractivity contribution in [1.82, 2.24) is 4.98 Å². The highest BCUT2D eigenvalue weighted by Crippen LogP contribution is 2.29. The highest BCUT2D eigenvalue weighted by molar-refractivity contribution is 8.14. The van der Waals surface area contributed by atoms with Crippen molar-refractivity contribution >= 4 is 57.1 Å². The molecule has 0 saturated carbocycles. The highest BCUT2D eigenvalue weighted by atomic mass is 32.2. The second kappa shape index (κ2) is 9.41. The number of H-pyrrole nitrogens is 1. The van der Waals surface area contributed by atoms with E-state index in [0.717, 1.165) is 22.0 Å². The van der Waals surface area contributed by atoms with Crippen LogP contribution in [0.2, 0.25) is 0 Å². The number of aliphatic imine (C=N–C) groups is 1. The van der Waals surface area contributed by atoms with Crippen LogP contribution in [-0.4, -0.2) is 27.7 Å². The Bertz CT molecular complexity index is 1420. The van der Waals surface area contributed by atoms with E-state index >= 15 is 0 Å². The summed E-state index contributed by atoms with van der Waals surface area (Å²) in [6.45, 7) is 2.02. The highest BCUT2D eigenvalue weighted by Gasteiger charge is 2.32. The van der Waals surface area contributed by atoms with Crippen LogP contribution in [0.3, 0.4) is 0 Å². The molecule has 6 nitrogen and oxygen atoms in total. The van der Waals surface area contributed by atoms with Gasteiger partial charge in [-0.05, 0) is 54.3 Å². The minimum Gasteiger partial charge on any atom is -0.361 e. The molecule has 0 atom stereocenters. The summed E-state index contributed by atoms with van der Waals surface area (Å²) in [6.07, 6.45) is 3.64. The smallest absolute Gasteiger partial charge is 0.283 e. The average molecular weight is 467 g/mol. The number of nitrogens with one attached hydrogen (secondary N) is 2. The number of thioether (sulfide) groups is 1. The van der Waals surface area contributed by atoms with Crippen molar-refractivity contribution in [3.63, 3.8) is 0 Å². The lowest BCUT2D eigenvalue weighted by Gasteiger charge is -2.17. The van der Waals surface area contributed by atoms with Crippen LogP contribution in [-0.2, 0) is 9.59 Å². The lowest BCUT2D eigenvalue weighted by molar-refractivity contribution is -0.114. The SMILES string of the molecule is Cc1ccc(/C=C2\N=C(SCC(=O)Nc3ccc4cc[nH]c4c3)N(c3ccccc3)C2=O)cc1. The van der Waals surface area contributed by atoms with Gasteiger partial charge in [-0.3, -0.25) is 14.5 Å². The number of aromatic amines is 1. The zero-order chi connectivity index (χ0) is 23.5. The molecule has 168 valence electrons. The Morgan fingerprint density at radius 2 is 1.85 bits per heavy atom.